The summed E-state index contributed by atoms with van der Waals surface area (Å²) in [6.07, 6.45) is 0.846. The molecule has 0 saturated carbocycles. The minimum absolute atomic E-state index is 0.0663. The van der Waals surface area contributed by atoms with Crippen molar-refractivity contribution in [1.29, 1.82) is 0 Å². The van der Waals surface area contributed by atoms with Crippen LogP contribution in [0.2, 0.25) is 5.02 Å². The molecule has 1 aromatic carbocycles. The van der Waals surface area contributed by atoms with Crippen LogP contribution >= 0.6 is 11.6 Å². The van der Waals surface area contributed by atoms with E-state index in [4.69, 9.17) is 16.3 Å². The zero-order valence-electron chi connectivity index (χ0n) is 11.0. The van der Waals surface area contributed by atoms with Crippen molar-refractivity contribution in [3.63, 3.8) is 0 Å². The van der Waals surface area contributed by atoms with Crippen molar-refractivity contribution in [2.75, 3.05) is 11.5 Å². The Labute approximate surface area is 117 Å². The van der Waals surface area contributed by atoms with Gasteiger partial charge in [-0.3, -0.25) is 9.69 Å². The lowest BCUT2D eigenvalue weighted by Crippen LogP contribution is -2.40. The minimum atomic E-state index is -0.537. The van der Waals surface area contributed by atoms with Crippen LogP contribution in [0.15, 0.2) is 18.2 Å². The van der Waals surface area contributed by atoms with Crippen LogP contribution in [0, 0.1) is 6.92 Å². The van der Waals surface area contributed by atoms with Gasteiger partial charge in [0.1, 0.15) is 6.04 Å². The third kappa shape index (κ3) is 2.73. The van der Waals surface area contributed by atoms with Gasteiger partial charge >= 0.3 is 5.97 Å². The lowest BCUT2D eigenvalue weighted by Gasteiger charge is -2.25. The molecule has 1 heterocycles. The second-order valence-electron chi connectivity index (χ2n) is 4.50. The van der Waals surface area contributed by atoms with Gasteiger partial charge in [0.15, 0.2) is 0 Å². The standard InChI is InChI=1S/C14H16ClNO3/c1-3-19-14(18)11-6-7-13(17)16(11)12-8-10(15)5-4-9(12)2/h4-5,8,11H,3,6-7H2,1-2H3. The number of anilines is 1. The topological polar surface area (TPSA) is 46.6 Å². The lowest BCUT2D eigenvalue weighted by atomic mass is 10.1. The van der Waals surface area contributed by atoms with Crippen LogP contribution in [-0.4, -0.2) is 24.5 Å². The van der Waals surface area contributed by atoms with Crippen molar-refractivity contribution in [3.8, 4) is 0 Å². The van der Waals surface area contributed by atoms with Crippen LogP contribution in [-0.2, 0) is 14.3 Å². The maximum absolute atomic E-state index is 12.0. The van der Waals surface area contributed by atoms with E-state index >= 15 is 0 Å². The van der Waals surface area contributed by atoms with E-state index < -0.39 is 6.04 Å². The van der Waals surface area contributed by atoms with Crippen molar-refractivity contribution in [1.82, 2.24) is 0 Å². The summed E-state index contributed by atoms with van der Waals surface area (Å²) in [5.74, 6) is -0.420. The number of nitrogens with zero attached hydrogens (tertiary/aromatic N) is 1. The molecule has 1 atom stereocenters. The largest absolute Gasteiger partial charge is 0.464 e. The summed E-state index contributed by atoms with van der Waals surface area (Å²) in [4.78, 5) is 25.5. The molecule has 1 aliphatic rings. The first-order valence-electron chi connectivity index (χ1n) is 6.29. The molecule has 1 aliphatic heterocycles. The van der Waals surface area contributed by atoms with Gasteiger partial charge < -0.3 is 4.74 Å². The third-order valence-electron chi connectivity index (χ3n) is 3.20. The Morgan fingerprint density at radius 2 is 2.26 bits per heavy atom. The normalized spacial score (nSPS) is 18.8. The summed E-state index contributed by atoms with van der Waals surface area (Å²) in [5.41, 5.74) is 1.60. The number of benzene rings is 1. The first kappa shape index (κ1) is 13.9. The van der Waals surface area contributed by atoms with E-state index in [1.807, 2.05) is 13.0 Å². The molecule has 1 unspecified atom stereocenters. The average molecular weight is 282 g/mol. The highest BCUT2D eigenvalue weighted by Gasteiger charge is 2.38. The third-order valence-corrected chi connectivity index (χ3v) is 3.44. The predicted octanol–water partition coefficient (Wildman–Crippen LogP) is 2.71. The summed E-state index contributed by atoms with van der Waals surface area (Å²) < 4.78 is 5.03. The Morgan fingerprint density at radius 1 is 1.53 bits per heavy atom. The summed E-state index contributed by atoms with van der Waals surface area (Å²) in [5, 5.41) is 0.544. The summed E-state index contributed by atoms with van der Waals surface area (Å²) in [6.45, 7) is 3.95. The Morgan fingerprint density at radius 3 is 2.95 bits per heavy atom. The quantitative estimate of drug-likeness (QED) is 0.800. The van der Waals surface area contributed by atoms with E-state index in [-0.39, 0.29) is 11.9 Å². The zero-order valence-corrected chi connectivity index (χ0v) is 11.7. The molecule has 1 fully saturated rings. The van der Waals surface area contributed by atoms with Crippen LogP contribution in [0.4, 0.5) is 5.69 Å². The van der Waals surface area contributed by atoms with Crippen molar-refractivity contribution in [3.05, 3.63) is 28.8 Å². The molecule has 0 aromatic heterocycles. The number of esters is 1. The van der Waals surface area contributed by atoms with Gasteiger partial charge in [-0.2, -0.15) is 0 Å². The first-order valence-corrected chi connectivity index (χ1v) is 6.67. The van der Waals surface area contributed by atoms with Crippen LogP contribution in [0.1, 0.15) is 25.3 Å². The second-order valence-corrected chi connectivity index (χ2v) is 4.94. The minimum Gasteiger partial charge on any atom is -0.464 e. The first-order chi connectivity index (χ1) is 9.04. The second kappa shape index (κ2) is 5.61. The Hall–Kier alpha value is -1.55. The fourth-order valence-electron chi connectivity index (χ4n) is 2.29. The van der Waals surface area contributed by atoms with Crippen LogP contribution < -0.4 is 4.90 Å². The molecule has 0 radical (unpaired) electrons. The highest BCUT2D eigenvalue weighted by molar-refractivity contribution is 6.31. The molecule has 4 nitrogen and oxygen atoms in total. The van der Waals surface area contributed by atoms with Gasteiger partial charge in [0.25, 0.3) is 0 Å². The molecular formula is C14H16ClNO3. The van der Waals surface area contributed by atoms with Gasteiger partial charge in [-0.05, 0) is 38.0 Å². The van der Waals surface area contributed by atoms with Crippen molar-refractivity contribution >= 4 is 29.2 Å². The van der Waals surface area contributed by atoms with E-state index in [9.17, 15) is 9.59 Å². The molecule has 1 saturated heterocycles. The average Bonchev–Trinajstić information content (AvgIpc) is 2.74. The Bertz CT molecular complexity index is 515. The van der Waals surface area contributed by atoms with Crippen LogP contribution in [0.3, 0.4) is 0 Å². The van der Waals surface area contributed by atoms with Crippen LogP contribution in [0.5, 0.6) is 0 Å². The maximum atomic E-state index is 12.0. The number of aryl methyl sites for hydroxylation is 1. The zero-order chi connectivity index (χ0) is 14.0. The molecule has 2 rings (SSSR count). The van der Waals surface area contributed by atoms with Crippen molar-refractivity contribution in [2.24, 2.45) is 0 Å². The lowest BCUT2D eigenvalue weighted by molar-refractivity contribution is -0.144. The van der Waals surface area contributed by atoms with Gasteiger partial charge in [-0.1, -0.05) is 17.7 Å². The van der Waals surface area contributed by atoms with Gasteiger partial charge in [0.05, 0.1) is 6.61 Å². The van der Waals surface area contributed by atoms with Gasteiger partial charge in [0, 0.05) is 17.1 Å². The molecule has 0 bridgehead atoms. The highest BCUT2D eigenvalue weighted by Crippen LogP contribution is 2.32. The highest BCUT2D eigenvalue weighted by atomic mass is 35.5. The Balaban J connectivity index is 2.36. The molecule has 102 valence electrons. The summed E-state index contributed by atoms with van der Waals surface area (Å²) in [7, 11) is 0. The Kier molecular flexibility index (Phi) is 4.10. The molecule has 0 aliphatic carbocycles. The molecule has 5 heteroatoms. The van der Waals surface area contributed by atoms with E-state index in [1.54, 1.807) is 19.1 Å². The molecule has 19 heavy (non-hydrogen) atoms. The summed E-state index contributed by atoms with van der Waals surface area (Å²) in [6, 6.07) is 4.78. The number of ether oxygens (including phenoxy) is 1. The molecule has 1 aromatic rings. The van der Waals surface area contributed by atoms with Crippen molar-refractivity contribution < 1.29 is 14.3 Å². The van der Waals surface area contributed by atoms with E-state index in [0.717, 1.165) is 5.56 Å². The number of hydrogen-bond acceptors (Lipinski definition) is 3. The monoisotopic (exact) mass is 281 g/mol. The maximum Gasteiger partial charge on any atom is 0.329 e. The molecular weight excluding hydrogens is 266 g/mol. The van der Waals surface area contributed by atoms with Gasteiger partial charge in [0.2, 0.25) is 5.91 Å². The van der Waals surface area contributed by atoms with Gasteiger partial charge in [-0.25, -0.2) is 4.79 Å². The predicted molar refractivity (Wildman–Crippen MR) is 73.3 cm³/mol. The number of halogens is 1. The molecule has 0 N–H and O–H groups in total. The number of carbonyl (C=O) groups is 2. The fourth-order valence-corrected chi connectivity index (χ4v) is 2.46. The SMILES string of the molecule is CCOC(=O)C1CCC(=O)N1c1cc(Cl)ccc1C. The number of hydrogen-bond donors (Lipinski definition) is 0. The molecule has 0 spiro atoms. The number of carbonyl (C=O) groups excluding carboxylic acids is 2. The smallest absolute Gasteiger partial charge is 0.329 e. The van der Waals surface area contributed by atoms with Gasteiger partial charge in [-0.15, -0.1) is 0 Å². The molecule has 1 amide bonds. The van der Waals surface area contributed by atoms with Crippen LogP contribution in [0.25, 0.3) is 0 Å². The number of amides is 1. The van der Waals surface area contributed by atoms with Crippen molar-refractivity contribution in [2.45, 2.75) is 32.7 Å². The van der Waals surface area contributed by atoms with E-state index in [1.165, 1.54) is 4.90 Å². The fraction of sp³-hybridized carbons (Fsp3) is 0.429. The summed E-state index contributed by atoms with van der Waals surface area (Å²) >= 11 is 5.98. The number of rotatable bonds is 3. The van der Waals surface area contributed by atoms with E-state index in [0.29, 0.717) is 30.2 Å². The van der Waals surface area contributed by atoms with E-state index in [2.05, 4.69) is 0 Å².